The predicted molar refractivity (Wildman–Crippen MR) is 111 cm³/mol. The van der Waals surface area contributed by atoms with E-state index in [2.05, 4.69) is 23.0 Å². The van der Waals surface area contributed by atoms with Crippen LogP contribution in [-0.2, 0) is 6.42 Å². The van der Waals surface area contributed by atoms with Crippen LogP contribution >= 0.6 is 0 Å². The maximum atomic E-state index is 13.3. The molecule has 2 aromatic heterocycles. The lowest BCUT2D eigenvalue weighted by Gasteiger charge is -2.29. The van der Waals surface area contributed by atoms with Gasteiger partial charge in [0, 0.05) is 11.9 Å². The van der Waals surface area contributed by atoms with Gasteiger partial charge in [-0.15, -0.1) is 0 Å². The summed E-state index contributed by atoms with van der Waals surface area (Å²) in [6.45, 7) is 6.09. The van der Waals surface area contributed by atoms with E-state index in [4.69, 9.17) is 0 Å². The van der Waals surface area contributed by atoms with Gasteiger partial charge in [-0.25, -0.2) is 4.98 Å². The number of hydrogen-bond donors (Lipinski definition) is 1. The molecule has 2 unspecified atom stereocenters. The average molecular weight is 377 g/mol. The third-order valence-corrected chi connectivity index (χ3v) is 6.17. The summed E-state index contributed by atoms with van der Waals surface area (Å²) in [6, 6.07) is 5.90. The van der Waals surface area contributed by atoms with Crippen LogP contribution in [0.2, 0.25) is 0 Å². The Labute approximate surface area is 165 Å². The SMILES string of the molecule is Cc1ccc(Cc2cc3c(=O)n(C4CCCCC4O)cnc3c(C)c2C)cn1. The highest BCUT2D eigenvalue weighted by molar-refractivity contribution is 5.83. The highest BCUT2D eigenvalue weighted by Gasteiger charge is 2.26. The van der Waals surface area contributed by atoms with Gasteiger partial charge in [0.25, 0.3) is 5.56 Å². The van der Waals surface area contributed by atoms with Crippen LogP contribution in [0.25, 0.3) is 10.9 Å². The fourth-order valence-electron chi connectivity index (χ4n) is 4.27. The number of aryl methyl sites for hydroxylation is 2. The van der Waals surface area contributed by atoms with Crippen LogP contribution in [-0.4, -0.2) is 25.7 Å². The van der Waals surface area contributed by atoms with Crippen molar-refractivity contribution in [2.24, 2.45) is 0 Å². The van der Waals surface area contributed by atoms with E-state index >= 15 is 0 Å². The minimum absolute atomic E-state index is 0.0534. The standard InChI is InChI=1S/C23H27N3O2/c1-14-8-9-17(12-24-14)10-18-11-19-22(16(3)15(18)2)25-13-26(23(19)28)20-6-4-5-7-21(20)27/h8-9,11-13,20-21,27H,4-7,10H2,1-3H3. The normalized spacial score (nSPS) is 19.9. The summed E-state index contributed by atoms with van der Waals surface area (Å²) in [5.41, 5.74) is 6.15. The first-order valence-corrected chi connectivity index (χ1v) is 10.0. The first kappa shape index (κ1) is 18.8. The van der Waals surface area contributed by atoms with E-state index in [0.29, 0.717) is 5.39 Å². The Morgan fingerprint density at radius 1 is 1.11 bits per heavy atom. The summed E-state index contributed by atoms with van der Waals surface area (Å²) in [7, 11) is 0. The Morgan fingerprint density at radius 2 is 1.89 bits per heavy atom. The van der Waals surface area contributed by atoms with Crippen LogP contribution in [0.3, 0.4) is 0 Å². The summed E-state index contributed by atoms with van der Waals surface area (Å²) in [5, 5.41) is 11.0. The number of pyridine rings is 1. The van der Waals surface area contributed by atoms with E-state index < -0.39 is 6.10 Å². The first-order valence-electron chi connectivity index (χ1n) is 10.0. The molecule has 1 aliphatic carbocycles. The van der Waals surface area contributed by atoms with Crippen LogP contribution in [0.1, 0.15) is 59.7 Å². The number of hydrogen-bond acceptors (Lipinski definition) is 4. The van der Waals surface area contributed by atoms with Crippen LogP contribution < -0.4 is 5.56 Å². The molecule has 0 saturated heterocycles. The van der Waals surface area contributed by atoms with Crippen LogP contribution in [0, 0.1) is 20.8 Å². The minimum Gasteiger partial charge on any atom is -0.391 e. The van der Waals surface area contributed by atoms with Crippen LogP contribution in [0.4, 0.5) is 0 Å². The molecule has 2 heterocycles. The lowest BCUT2D eigenvalue weighted by atomic mass is 9.92. The maximum Gasteiger partial charge on any atom is 0.261 e. The van der Waals surface area contributed by atoms with Gasteiger partial charge in [-0.1, -0.05) is 18.9 Å². The molecule has 1 N–H and O–H groups in total. The molecule has 0 bridgehead atoms. The van der Waals surface area contributed by atoms with Gasteiger partial charge >= 0.3 is 0 Å². The molecular formula is C23H27N3O2. The Hall–Kier alpha value is -2.53. The summed E-state index contributed by atoms with van der Waals surface area (Å²) in [5.74, 6) is 0. The zero-order valence-corrected chi connectivity index (χ0v) is 16.8. The minimum atomic E-state index is -0.477. The Balaban J connectivity index is 1.81. The number of aliphatic hydroxyl groups is 1. The molecule has 146 valence electrons. The van der Waals surface area contributed by atoms with Crippen molar-refractivity contribution in [3.63, 3.8) is 0 Å². The molecule has 3 aromatic rings. The van der Waals surface area contributed by atoms with E-state index in [1.165, 1.54) is 0 Å². The van der Waals surface area contributed by atoms with E-state index in [1.807, 2.05) is 32.2 Å². The van der Waals surface area contributed by atoms with E-state index in [0.717, 1.165) is 65.6 Å². The molecule has 0 aliphatic heterocycles. The fraction of sp³-hybridized carbons (Fsp3) is 0.435. The molecule has 28 heavy (non-hydrogen) atoms. The second-order valence-corrected chi connectivity index (χ2v) is 8.04. The number of benzene rings is 1. The number of nitrogens with zero attached hydrogens (tertiary/aromatic N) is 3. The van der Waals surface area contributed by atoms with Gasteiger partial charge in [0.05, 0.1) is 29.4 Å². The Bertz CT molecular complexity index is 1070. The predicted octanol–water partition coefficient (Wildman–Crippen LogP) is 3.78. The number of aromatic nitrogens is 3. The molecule has 1 aromatic carbocycles. The quantitative estimate of drug-likeness (QED) is 0.754. The maximum absolute atomic E-state index is 13.3. The molecule has 5 nitrogen and oxygen atoms in total. The third kappa shape index (κ3) is 3.35. The van der Waals surface area contributed by atoms with E-state index in [9.17, 15) is 9.90 Å². The fourth-order valence-corrected chi connectivity index (χ4v) is 4.27. The summed E-state index contributed by atoms with van der Waals surface area (Å²) < 4.78 is 1.65. The van der Waals surface area contributed by atoms with Crippen molar-refractivity contribution in [3.05, 3.63) is 69.0 Å². The van der Waals surface area contributed by atoms with Crippen molar-refractivity contribution in [1.29, 1.82) is 0 Å². The molecule has 1 saturated carbocycles. The van der Waals surface area contributed by atoms with Gasteiger partial charge in [0.1, 0.15) is 0 Å². The van der Waals surface area contributed by atoms with Crippen LogP contribution in [0.15, 0.2) is 35.5 Å². The molecule has 0 spiro atoms. The van der Waals surface area contributed by atoms with Crippen molar-refractivity contribution in [1.82, 2.24) is 14.5 Å². The molecule has 1 aliphatic rings. The largest absolute Gasteiger partial charge is 0.391 e. The Kier molecular flexibility index (Phi) is 5.02. The number of fused-ring (bicyclic) bond motifs is 1. The topological polar surface area (TPSA) is 68.0 Å². The summed E-state index contributed by atoms with van der Waals surface area (Å²) in [6.07, 6.45) is 7.39. The van der Waals surface area contributed by atoms with Crippen LogP contribution in [0.5, 0.6) is 0 Å². The van der Waals surface area contributed by atoms with E-state index in [-0.39, 0.29) is 11.6 Å². The second kappa shape index (κ2) is 7.47. The first-order chi connectivity index (χ1) is 13.5. The van der Waals surface area contributed by atoms with Gasteiger partial charge in [-0.3, -0.25) is 14.3 Å². The number of aliphatic hydroxyl groups excluding tert-OH is 1. The van der Waals surface area contributed by atoms with Crippen molar-refractivity contribution in [3.8, 4) is 0 Å². The monoisotopic (exact) mass is 377 g/mol. The molecule has 1 fully saturated rings. The zero-order valence-electron chi connectivity index (χ0n) is 16.8. The number of rotatable bonds is 3. The highest BCUT2D eigenvalue weighted by atomic mass is 16.3. The smallest absolute Gasteiger partial charge is 0.261 e. The van der Waals surface area contributed by atoms with Crippen molar-refractivity contribution in [2.45, 2.75) is 65.0 Å². The highest BCUT2D eigenvalue weighted by Crippen LogP contribution is 2.29. The third-order valence-electron chi connectivity index (χ3n) is 6.17. The van der Waals surface area contributed by atoms with Gasteiger partial charge in [0.2, 0.25) is 0 Å². The van der Waals surface area contributed by atoms with Crippen molar-refractivity contribution >= 4 is 10.9 Å². The van der Waals surface area contributed by atoms with Gasteiger partial charge < -0.3 is 5.11 Å². The van der Waals surface area contributed by atoms with Crippen molar-refractivity contribution < 1.29 is 5.11 Å². The molecule has 5 heteroatoms. The van der Waals surface area contributed by atoms with Gasteiger partial charge in [-0.05, 0) is 74.4 Å². The molecule has 0 amide bonds. The molecule has 4 rings (SSSR count). The average Bonchev–Trinajstić information content (AvgIpc) is 2.69. The lowest BCUT2D eigenvalue weighted by molar-refractivity contribution is 0.0735. The van der Waals surface area contributed by atoms with E-state index in [1.54, 1.807) is 10.9 Å². The van der Waals surface area contributed by atoms with Gasteiger partial charge in [-0.2, -0.15) is 0 Å². The summed E-state index contributed by atoms with van der Waals surface area (Å²) in [4.78, 5) is 22.3. The lowest BCUT2D eigenvalue weighted by Crippen LogP contribution is -2.34. The van der Waals surface area contributed by atoms with Gasteiger partial charge in [0.15, 0.2) is 0 Å². The zero-order chi connectivity index (χ0) is 19.8. The summed E-state index contributed by atoms with van der Waals surface area (Å²) >= 11 is 0. The van der Waals surface area contributed by atoms with Crippen molar-refractivity contribution in [2.75, 3.05) is 0 Å². The second-order valence-electron chi connectivity index (χ2n) is 8.04. The Morgan fingerprint density at radius 3 is 2.61 bits per heavy atom. The molecular weight excluding hydrogens is 350 g/mol. The molecule has 0 radical (unpaired) electrons. The molecule has 2 atom stereocenters.